The highest BCUT2D eigenvalue weighted by molar-refractivity contribution is 7.91. The molecule has 1 aliphatic heterocycles. The molecule has 0 aromatic carbocycles. The van der Waals surface area contributed by atoms with Gasteiger partial charge in [-0.2, -0.15) is 0 Å². The third-order valence-electron chi connectivity index (χ3n) is 5.33. The van der Waals surface area contributed by atoms with Crippen molar-refractivity contribution in [3.63, 3.8) is 0 Å². The number of rotatable bonds is 9. The molecule has 0 spiro atoms. The highest BCUT2D eigenvalue weighted by Gasteiger charge is 2.36. The number of nitrogens with zero attached hydrogens (tertiary/aromatic N) is 2. The van der Waals surface area contributed by atoms with Gasteiger partial charge in [-0.15, -0.1) is 0 Å². The van der Waals surface area contributed by atoms with Crippen molar-refractivity contribution in [2.75, 3.05) is 64.5 Å². The molecule has 2 aliphatic rings. The molecular formula is C17H34N4O3S. The normalized spacial score (nSPS) is 23.0. The first kappa shape index (κ1) is 20.5. The maximum absolute atomic E-state index is 11.5. The molecule has 7 nitrogen and oxygen atoms in total. The zero-order valence-electron chi connectivity index (χ0n) is 15.7. The quantitative estimate of drug-likeness (QED) is 0.451. The van der Waals surface area contributed by atoms with E-state index in [2.05, 4.69) is 22.5 Å². The van der Waals surface area contributed by atoms with Crippen LogP contribution in [-0.2, 0) is 14.6 Å². The Kier molecular flexibility index (Phi) is 7.96. The Morgan fingerprint density at radius 2 is 1.96 bits per heavy atom. The Balaban J connectivity index is 1.76. The van der Waals surface area contributed by atoms with Gasteiger partial charge >= 0.3 is 0 Å². The second-order valence-electron chi connectivity index (χ2n) is 7.21. The van der Waals surface area contributed by atoms with Gasteiger partial charge in [-0.25, -0.2) is 8.42 Å². The SMILES string of the molecule is CCNC(=NCC1(CCOC)CCC1)NCCN1CCS(=O)(=O)CC1. The van der Waals surface area contributed by atoms with Crippen LogP contribution in [0.2, 0.25) is 0 Å². The molecule has 0 aromatic rings. The van der Waals surface area contributed by atoms with Gasteiger partial charge in [0.25, 0.3) is 0 Å². The summed E-state index contributed by atoms with van der Waals surface area (Å²) in [4.78, 5) is 6.99. The average Bonchev–Trinajstić information content (AvgIpc) is 2.55. The number of ether oxygens (including phenoxy) is 1. The van der Waals surface area contributed by atoms with Gasteiger partial charge in [0.1, 0.15) is 0 Å². The summed E-state index contributed by atoms with van der Waals surface area (Å²) in [6.45, 7) is 7.43. The first-order chi connectivity index (χ1) is 12.0. The predicted octanol–water partition coefficient (Wildman–Crippen LogP) is 0.479. The van der Waals surface area contributed by atoms with Gasteiger partial charge in [-0.1, -0.05) is 6.42 Å². The minimum absolute atomic E-state index is 0.281. The Bertz CT molecular complexity index is 518. The van der Waals surface area contributed by atoms with E-state index in [0.29, 0.717) is 18.5 Å². The lowest BCUT2D eigenvalue weighted by Gasteiger charge is -2.40. The highest BCUT2D eigenvalue weighted by Crippen LogP contribution is 2.44. The van der Waals surface area contributed by atoms with Crippen LogP contribution in [0.25, 0.3) is 0 Å². The molecule has 1 heterocycles. The van der Waals surface area contributed by atoms with Crippen LogP contribution in [0.5, 0.6) is 0 Å². The highest BCUT2D eigenvalue weighted by atomic mass is 32.2. The van der Waals surface area contributed by atoms with Crippen molar-refractivity contribution in [1.82, 2.24) is 15.5 Å². The topological polar surface area (TPSA) is 83.0 Å². The maximum atomic E-state index is 11.5. The molecule has 0 aromatic heterocycles. The van der Waals surface area contributed by atoms with Crippen LogP contribution >= 0.6 is 0 Å². The van der Waals surface area contributed by atoms with Gasteiger partial charge in [0.15, 0.2) is 15.8 Å². The largest absolute Gasteiger partial charge is 0.385 e. The Hall–Kier alpha value is -0.860. The smallest absolute Gasteiger partial charge is 0.191 e. The average molecular weight is 375 g/mol. The number of aliphatic imine (C=N–C) groups is 1. The third-order valence-corrected chi connectivity index (χ3v) is 6.93. The van der Waals surface area contributed by atoms with E-state index in [1.54, 1.807) is 7.11 Å². The van der Waals surface area contributed by atoms with Gasteiger partial charge < -0.3 is 15.4 Å². The number of hydrogen-bond acceptors (Lipinski definition) is 5. The fourth-order valence-corrected chi connectivity index (χ4v) is 4.65. The number of methoxy groups -OCH3 is 1. The van der Waals surface area contributed by atoms with Crippen molar-refractivity contribution in [3.05, 3.63) is 0 Å². The zero-order valence-corrected chi connectivity index (χ0v) is 16.5. The van der Waals surface area contributed by atoms with Crippen LogP contribution in [0, 0.1) is 5.41 Å². The predicted molar refractivity (Wildman–Crippen MR) is 102 cm³/mol. The summed E-state index contributed by atoms with van der Waals surface area (Å²) in [5.74, 6) is 1.42. The minimum Gasteiger partial charge on any atom is -0.385 e. The van der Waals surface area contributed by atoms with Gasteiger partial charge in [-0.3, -0.25) is 9.89 Å². The molecule has 0 atom stereocenters. The first-order valence-electron chi connectivity index (χ1n) is 9.42. The lowest BCUT2D eigenvalue weighted by atomic mass is 9.67. The van der Waals surface area contributed by atoms with Gasteiger partial charge in [-0.05, 0) is 31.6 Å². The molecule has 8 heteroatoms. The lowest BCUT2D eigenvalue weighted by Crippen LogP contribution is -2.46. The van der Waals surface area contributed by atoms with Crippen molar-refractivity contribution in [2.45, 2.75) is 32.6 Å². The summed E-state index contributed by atoms with van der Waals surface area (Å²) in [6, 6.07) is 0. The molecule has 0 amide bonds. The van der Waals surface area contributed by atoms with Crippen LogP contribution in [0.4, 0.5) is 0 Å². The second-order valence-corrected chi connectivity index (χ2v) is 9.52. The summed E-state index contributed by atoms with van der Waals surface area (Å²) in [7, 11) is -1.05. The third kappa shape index (κ3) is 6.75. The van der Waals surface area contributed by atoms with Crippen LogP contribution < -0.4 is 10.6 Å². The van der Waals surface area contributed by atoms with Crippen molar-refractivity contribution in [1.29, 1.82) is 0 Å². The molecule has 0 radical (unpaired) electrons. The van der Waals surface area contributed by atoms with Gasteiger partial charge in [0.05, 0.1) is 11.5 Å². The molecule has 1 saturated heterocycles. The lowest BCUT2D eigenvalue weighted by molar-refractivity contribution is 0.0778. The van der Waals surface area contributed by atoms with E-state index in [1.807, 2.05) is 0 Å². The molecule has 2 fully saturated rings. The molecule has 146 valence electrons. The van der Waals surface area contributed by atoms with E-state index in [-0.39, 0.29) is 11.5 Å². The number of sulfone groups is 1. The van der Waals surface area contributed by atoms with Crippen LogP contribution in [0.15, 0.2) is 4.99 Å². The monoisotopic (exact) mass is 374 g/mol. The summed E-state index contributed by atoms with van der Waals surface area (Å²) in [5, 5.41) is 6.69. The molecular weight excluding hydrogens is 340 g/mol. The van der Waals surface area contributed by atoms with Crippen molar-refractivity contribution in [2.24, 2.45) is 10.4 Å². The number of nitrogens with one attached hydrogen (secondary N) is 2. The van der Waals surface area contributed by atoms with Crippen LogP contribution in [0.1, 0.15) is 32.6 Å². The van der Waals surface area contributed by atoms with E-state index in [9.17, 15) is 8.42 Å². The van der Waals surface area contributed by atoms with Crippen LogP contribution in [0.3, 0.4) is 0 Å². The van der Waals surface area contributed by atoms with Crippen molar-refractivity contribution >= 4 is 15.8 Å². The molecule has 1 saturated carbocycles. The van der Waals surface area contributed by atoms with Gasteiger partial charge in [0, 0.05) is 53.0 Å². The summed E-state index contributed by atoms with van der Waals surface area (Å²) in [5.41, 5.74) is 0.319. The summed E-state index contributed by atoms with van der Waals surface area (Å²) >= 11 is 0. The summed E-state index contributed by atoms with van der Waals surface area (Å²) < 4.78 is 28.2. The van der Waals surface area contributed by atoms with E-state index in [4.69, 9.17) is 9.73 Å². The van der Waals surface area contributed by atoms with Crippen molar-refractivity contribution in [3.8, 4) is 0 Å². The van der Waals surface area contributed by atoms with Crippen molar-refractivity contribution < 1.29 is 13.2 Å². The summed E-state index contributed by atoms with van der Waals surface area (Å²) in [6.07, 6.45) is 4.85. The molecule has 2 N–H and O–H groups in total. The fourth-order valence-electron chi connectivity index (χ4n) is 3.38. The minimum atomic E-state index is -2.80. The first-order valence-corrected chi connectivity index (χ1v) is 11.2. The molecule has 0 unspecified atom stereocenters. The Morgan fingerprint density at radius 3 is 2.52 bits per heavy atom. The fraction of sp³-hybridized carbons (Fsp3) is 0.941. The second kappa shape index (κ2) is 9.73. The van der Waals surface area contributed by atoms with E-state index < -0.39 is 9.84 Å². The van der Waals surface area contributed by atoms with Crippen LogP contribution in [-0.4, -0.2) is 83.8 Å². The number of hydrogen-bond donors (Lipinski definition) is 2. The molecule has 2 rings (SSSR count). The Morgan fingerprint density at radius 1 is 1.24 bits per heavy atom. The van der Waals surface area contributed by atoms with Gasteiger partial charge in [0.2, 0.25) is 0 Å². The maximum Gasteiger partial charge on any atom is 0.191 e. The molecule has 1 aliphatic carbocycles. The molecule has 25 heavy (non-hydrogen) atoms. The zero-order chi connectivity index (χ0) is 18.2. The Labute approximate surface area is 152 Å². The molecule has 0 bridgehead atoms. The van der Waals surface area contributed by atoms with E-state index in [1.165, 1.54) is 19.3 Å². The van der Waals surface area contributed by atoms with E-state index >= 15 is 0 Å². The number of guanidine groups is 1. The standard InChI is InChI=1S/C17H34N4O3S/c1-3-18-16(20-15-17(5-4-6-17)7-12-24-2)19-8-9-21-10-13-25(22,23)14-11-21/h3-15H2,1-2H3,(H2,18,19,20). The van der Waals surface area contributed by atoms with E-state index in [0.717, 1.165) is 45.2 Å².